The molecule has 1 amide bonds. The van der Waals surface area contributed by atoms with Gasteiger partial charge in [-0.3, -0.25) is 4.79 Å². The summed E-state index contributed by atoms with van der Waals surface area (Å²) in [6.45, 7) is 0.721. The first-order valence-corrected chi connectivity index (χ1v) is 9.54. The van der Waals surface area contributed by atoms with Crippen molar-refractivity contribution in [2.75, 3.05) is 27.2 Å². The molecule has 1 fully saturated rings. The van der Waals surface area contributed by atoms with Gasteiger partial charge in [-0.15, -0.1) is 0 Å². The van der Waals surface area contributed by atoms with E-state index in [9.17, 15) is 13.2 Å². The monoisotopic (exact) mass is 346 g/mol. The van der Waals surface area contributed by atoms with E-state index in [1.54, 1.807) is 26.2 Å². The number of fused-ring (bicyclic) bond motifs is 1. The van der Waals surface area contributed by atoms with Crippen LogP contribution in [0.5, 0.6) is 0 Å². The fourth-order valence-corrected chi connectivity index (χ4v) is 4.76. The highest BCUT2D eigenvalue weighted by Gasteiger charge is 2.33. The van der Waals surface area contributed by atoms with E-state index in [1.807, 2.05) is 30.3 Å². The lowest BCUT2D eigenvalue weighted by Gasteiger charge is -2.32. The third-order valence-electron chi connectivity index (χ3n) is 4.53. The standard InChI is InChI=1S/C18H22N2O3S/c1-19(2)18(21)16-8-5-11-20(13-16)24(22,23)17-10-9-14-6-3-4-7-15(14)12-17/h3-4,6-7,9-10,12,16H,5,8,11,13H2,1-2H3/t16-/m1/s1. The van der Waals surface area contributed by atoms with Crippen molar-refractivity contribution in [1.82, 2.24) is 9.21 Å². The third-order valence-corrected chi connectivity index (χ3v) is 6.39. The molecule has 1 atom stereocenters. The van der Waals surface area contributed by atoms with Gasteiger partial charge in [0, 0.05) is 27.2 Å². The SMILES string of the molecule is CN(C)C(=O)[C@@H]1CCCN(S(=O)(=O)c2ccc3ccccc3c2)C1. The van der Waals surface area contributed by atoms with Crippen LogP contribution in [-0.2, 0) is 14.8 Å². The van der Waals surface area contributed by atoms with Crippen LogP contribution >= 0.6 is 0 Å². The Kier molecular flexibility index (Phi) is 4.60. The first kappa shape index (κ1) is 16.9. The first-order valence-electron chi connectivity index (χ1n) is 8.10. The molecule has 1 aliphatic rings. The molecule has 5 nitrogen and oxygen atoms in total. The summed E-state index contributed by atoms with van der Waals surface area (Å²) in [5.41, 5.74) is 0. The maximum atomic E-state index is 13.0. The Hall–Kier alpha value is -1.92. The summed E-state index contributed by atoms with van der Waals surface area (Å²) in [5, 5.41) is 1.91. The molecule has 24 heavy (non-hydrogen) atoms. The summed E-state index contributed by atoms with van der Waals surface area (Å²) in [7, 11) is -0.168. The van der Waals surface area contributed by atoms with Crippen LogP contribution in [0.3, 0.4) is 0 Å². The summed E-state index contributed by atoms with van der Waals surface area (Å²) in [4.78, 5) is 14.0. The minimum Gasteiger partial charge on any atom is -0.349 e. The molecule has 2 aromatic carbocycles. The summed E-state index contributed by atoms with van der Waals surface area (Å²) in [5.74, 6) is -0.266. The van der Waals surface area contributed by atoms with Crippen LogP contribution in [0.25, 0.3) is 10.8 Å². The fraction of sp³-hybridized carbons (Fsp3) is 0.389. The molecule has 0 aromatic heterocycles. The van der Waals surface area contributed by atoms with Crippen LogP contribution in [-0.4, -0.2) is 50.7 Å². The van der Waals surface area contributed by atoms with Crippen molar-refractivity contribution in [2.24, 2.45) is 5.92 Å². The Morgan fingerprint density at radius 2 is 1.83 bits per heavy atom. The average molecular weight is 346 g/mol. The summed E-state index contributed by atoms with van der Waals surface area (Å²) in [6.07, 6.45) is 1.44. The summed E-state index contributed by atoms with van der Waals surface area (Å²) >= 11 is 0. The molecule has 0 bridgehead atoms. The number of benzene rings is 2. The predicted octanol–water partition coefficient (Wildman–Crippen LogP) is 2.33. The van der Waals surface area contributed by atoms with Crippen LogP contribution in [0.1, 0.15) is 12.8 Å². The second-order valence-electron chi connectivity index (χ2n) is 6.44. The molecule has 0 spiro atoms. The van der Waals surface area contributed by atoms with E-state index in [0.717, 1.165) is 17.2 Å². The lowest BCUT2D eigenvalue weighted by Crippen LogP contribution is -2.45. The molecular formula is C18H22N2O3S. The maximum Gasteiger partial charge on any atom is 0.243 e. The molecule has 0 unspecified atom stereocenters. The second kappa shape index (κ2) is 6.53. The van der Waals surface area contributed by atoms with Gasteiger partial charge in [0.05, 0.1) is 10.8 Å². The highest BCUT2D eigenvalue weighted by molar-refractivity contribution is 7.89. The minimum absolute atomic E-state index is 0.00610. The van der Waals surface area contributed by atoms with Gasteiger partial charge in [0.25, 0.3) is 0 Å². The Morgan fingerprint density at radius 1 is 1.12 bits per heavy atom. The smallest absolute Gasteiger partial charge is 0.243 e. The normalized spacial score (nSPS) is 19.3. The van der Waals surface area contributed by atoms with Gasteiger partial charge < -0.3 is 4.90 Å². The zero-order valence-corrected chi connectivity index (χ0v) is 14.8. The number of hydrogen-bond donors (Lipinski definition) is 0. The molecule has 2 aromatic rings. The summed E-state index contributed by atoms with van der Waals surface area (Å²) < 4.78 is 27.4. The van der Waals surface area contributed by atoms with Crippen molar-refractivity contribution in [1.29, 1.82) is 0 Å². The van der Waals surface area contributed by atoms with Crippen molar-refractivity contribution in [3.05, 3.63) is 42.5 Å². The van der Waals surface area contributed by atoms with Gasteiger partial charge in [-0.05, 0) is 35.7 Å². The van der Waals surface area contributed by atoms with Gasteiger partial charge in [0.1, 0.15) is 0 Å². The van der Waals surface area contributed by atoms with Crippen molar-refractivity contribution in [3.63, 3.8) is 0 Å². The first-order chi connectivity index (χ1) is 11.4. The number of sulfonamides is 1. The van der Waals surface area contributed by atoms with Crippen LogP contribution < -0.4 is 0 Å². The second-order valence-corrected chi connectivity index (χ2v) is 8.38. The molecular weight excluding hydrogens is 324 g/mol. The van der Waals surface area contributed by atoms with E-state index in [0.29, 0.717) is 17.9 Å². The Morgan fingerprint density at radius 3 is 2.54 bits per heavy atom. The maximum absolute atomic E-state index is 13.0. The number of amides is 1. The molecule has 0 N–H and O–H groups in total. The number of nitrogens with zero attached hydrogens (tertiary/aromatic N) is 2. The van der Waals surface area contributed by atoms with Crippen molar-refractivity contribution < 1.29 is 13.2 Å². The number of piperidine rings is 1. The molecule has 1 saturated heterocycles. The topological polar surface area (TPSA) is 57.7 Å². The van der Waals surface area contributed by atoms with Crippen LogP contribution in [0.4, 0.5) is 0 Å². The van der Waals surface area contributed by atoms with Gasteiger partial charge in [-0.2, -0.15) is 4.31 Å². The number of hydrogen-bond acceptors (Lipinski definition) is 3. The van der Waals surface area contributed by atoms with Gasteiger partial charge >= 0.3 is 0 Å². The Labute approximate surface area is 142 Å². The molecule has 3 rings (SSSR count). The zero-order valence-electron chi connectivity index (χ0n) is 14.0. The molecule has 6 heteroatoms. The minimum atomic E-state index is -3.58. The van der Waals surface area contributed by atoms with E-state index in [4.69, 9.17) is 0 Å². The lowest BCUT2D eigenvalue weighted by atomic mass is 9.98. The number of carbonyl (C=O) groups excluding carboxylic acids is 1. The highest BCUT2D eigenvalue weighted by Crippen LogP contribution is 2.26. The zero-order chi connectivity index (χ0) is 17.3. The number of carbonyl (C=O) groups is 1. The van der Waals surface area contributed by atoms with Gasteiger partial charge in [0.15, 0.2) is 0 Å². The van der Waals surface area contributed by atoms with Gasteiger partial charge in [-0.1, -0.05) is 30.3 Å². The molecule has 0 radical (unpaired) electrons. The molecule has 128 valence electrons. The molecule has 0 aliphatic carbocycles. The lowest BCUT2D eigenvalue weighted by molar-refractivity contribution is -0.134. The third kappa shape index (κ3) is 3.16. The average Bonchev–Trinajstić information content (AvgIpc) is 2.60. The Balaban J connectivity index is 1.89. The summed E-state index contributed by atoms with van der Waals surface area (Å²) in [6, 6.07) is 12.9. The van der Waals surface area contributed by atoms with Crippen molar-refractivity contribution in [3.8, 4) is 0 Å². The van der Waals surface area contributed by atoms with Gasteiger partial charge in [-0.25, -0.2) is 8.42 Å². The van der Waals surface area contributed by atoms with E-state index < -0.39 is 10.0 Å². The van der Waals surface area contributed by atoms with E-state index in [1.165, 1.54) is 9.21 Å². The van der Waals surface area contributed by atoms with E-state index >= 15 is 0 Å². The highest BCUT2D eigenvalue weighted by atomic mass is 32.2. The van der Waals surface area contributed by atoms with Gasteiger partial charge in [0.2, 0.25) is 15.9 Å². The van der Waals surface area contributed by atoms with Crippen molar-refractivity contribution in [2.45, 2.75) is 17.7 Å². The largest absolute Gasteiger partial charge is 0.349 e. The quantitative estimate of drug-likeness (QED) is 0.857. The van der Waals surface area contributed by atoms with E-state index in [2.05, 4.69) is 0 Å². The molecule has 1 aliphatic heterocycles. The van der Waals surface area contributed by atoms with Crippen LogP contribution in [0.15, 0.2) is 47.4 Å². The van der Waals surface area contributed by atoms with Crippen LogP contribution in [0.2, 0.25) is 0 Å². The van der Waals surface area contributed by atoms with Crippen LogP contribution in [0, 0.1) is 5.92 Å². The predicted molar refractivity (Wildman–Crippen MR) is 94.1 cm³/mol. The van der Waals surface area contributed by atoms with E-state index in [-0.39, 0.29) is 18.4 Å². The molecule has 1 heterocycles. The molecule has 0 saturated carbocycles. The fourth-order valence-electron chi connectivity index (χ4n) is 3.20. The van der Waals surface area contributed by atoms with Crippen molar-refractivity contribution >= 4 is 26.7 Å². The number of rotatable bonds is 3. The Bertz CT molecular complexity index is 861.